The van der Waals surface area contributed by atoms with E-state index in [4.69, 9.17) is 18.9 Å². The van der Waals surface area contributed by atoms with Gasteiger partial charge in [0, 0.05) is 12.8 Å². The first-order valence-electron chi connectivity index (χ1n) is 35.5. The van der Waals surface area contributed by atoms with Gasteiger partial charge in [0.15, 0.2) is 6.10 Å². The smallest absolute Gasteiger partial charge is 0.361 e. The maximum atomic E-state index is 12.9. The van der Waals surface area contributed by atoms with Crippen molar-refractivity contribution in [2.45, 2.75) is 347 Å². The van der Waals surface area contributed by atoms with Crippen molar-refractivity contribution < 1.29 is 42.9 Å². The number of carbonyl (C=O) groups excluding carboxylic acids is 2. The standard InChI is InChI=1S/C74H135NO8/c1-6-8-10-12-14-16-18-20-22-24-26-28-29-30-31-32-33-34-35-36-37-38-39-40-41-42-43-45-46-48-50-52-54-56-58-60-62-64-71(76)81-68-70(69-82-74(73(78)79)80-67-66-75(3,4)5)83-72(77)65-63-61-59-57-55-53-51-49-47-44-27-25-23-21-19-17-15-13-11-9-7-2/h9,11,15,17,21,23-24,26-27,44,70,74H,6-8,10,12-14,16,18-20,22,25,28-43,45-69H2,1-5H3/p+1/b11-9-,17-15-,23-21-,26-24-,44-27-. The van der Waals surface area contributed by atoms with Crippen molar-refractivity contribution in [3.63, 3.8) is 0 Å². The highest BCUT2D eigenvalue weighted by molar-refractivity contribution is 5.71. The second kappa shape index (κ2) is 65.0. The summed E-state index contributed by atoms with van der Waals surface area (Å²) >= 11 is 0. The van der Waals surface area contributed by atoms with E-state index in [1.165, 1.54) is 231 Å². The second-order valence-corrected chi connectivity index (χ2v) is 25.2. The Morgan fingerprint density at radius 1 is 0.373 bits per heavy atom. The molecule has 0 saturated heterocycles. The molecule has 0 aromatic rings. The summed E-state index contributed by atoms with van der Waals surface area (Å²) in [6.07, 6.45) is 82.1. The Balaban J connectivity index is 4.00. The van der Waals surface area contributed by atoms with Gasteiger partial charge in [-0.3, -0.25) is 9.59 Å². The Kier molecular flexibility index (Phi) is 62.6. The van der Waals surface area contributed by atoms with Gasteiger partial charge in [-0.05, 0) is 77.0 Å². The van der Waals surface area contributed by atoms with E-state index in [0.29, 0.717) is 23.9 Å². The minimum atomic E-state index is -1.51. The van der Waals surface area contributed by atoms with E-state index in [2.05, 4.69) is 74.6 Å². The van der Waals surface area contributed by atoms with E-state index >= 15 is 0 Å². The second-order valence-electron chi connectivity index (χ2n) is 25.2. The summed E-state index contributed by atoms with van der Waals surface area (Å²) in [5.74, 6) is -2.00. The first kappa shape index (κ1) is 80.0. The lowest BCUT2D eigenvalue weighted by molar-refractivity contribution is -0.870. The normalized spacial score (nSPS) is 13.0. The molecule has 0 aromatic heterocycles. The molecule has 1 N–H and O–H groups in total. The van der Waals surface area contributed by atoms with E-state index in [0.717, 1.165) is 70.6 Å². The summed E-state index contributed by atoms with van der Waals surface area (Å²) in [6.45, 7) is 4.80. The highest BCUT2D eigenvalue weighted by Gasteiger charge is 2.25. The third-order valence-corrected chi connectivity index (χ3v) is 15.8. The average Bonchev–Trinajstić information content (AvgIpc) is 3.46. The van der Waals surface area contributed by atoms with Gasteiger partial charge in [0.2, 0.25) is 0 Å². The SMILES string of the molecule is CC/C=C\C/C=C\C/C=C\C/C=C\CCCCCCCCCCC(=O)OC(COC(=O)CCCCCCCCCCCCCCCCCCCCCCCCCCC/C=C\CCCCCCCCCC)COC(OCC[N+](C)(C)C)C(=O)O. The first-order chi connectivity index (χ1) is 40.6. The van der Waals surface area contributed by atoms with Gasteiger partial charge in [-0.2, -0.15) is 0 Å². The van der Waals surface area contributed by atoms with E-state index in [-0.39, 0.29) is 32.2 Å². The van der Waals surface area contributed by atoms with Gasteiger partial charge in [0.1, 0.15) is 13.2 Å². The molecule has 9 nitrogen and oxygen atoms in total. The number of carboxylic acids is 1. The summed E-state index contributed by atoms with van der Waals surface area (Å²) in [4.78, 5) is 37.6. The van der Waals surface area contributed by atoms with Crippen LogP contribution in [0, 0.1) is 0 Å². The molecule has 0 bridgehead atoms. The first-order valence-corrected chi connectivity index (χ1v) is 35.5. The lowest BCUT2D eigenvalue weighted by atomic mass is 10.0. The minimum Gasteiger partial charge on any atom is -0.477 e. The maximum absolute atomic E-state index is 12.9. The van der Waals surface area contributed by atoms with Crippen molar-refractivity contribution in [3.05, 3.63) is 60.8 Å². The van der Waals surface area contributed by atoms with Crippen LogP contribution in [0.5, 0.6) is 0 Å². The lowest BCUT2D eigenvalue weighted by Gasteiger charge is -2.25. The summed E-state index contributed by atoms with van der Waals surface area (Å²) in [6, 6.07) is 0. The number of esters is 2. The molecule has 0 aliphatic rings. The molecule has 0 radical (unpaired) electrons. The number of carbonyl (C=O) groups is 3. The number of hydrogen-bond acceptors (Lipinski definition) is 7. The number of carboxylic acid groups (broad SMARTS) is 1. The minimum absolute atomic E-state index is 0.184. The zero-order valence-corrected chi connectivity index (χ0v) is 55.4. The summed E-state index contributed by atoms with van der Waals surface area (Å²) in [7, 11) is 5.98. The van der Waals surface area contributed by atoms with E-state index in [1.807, 2.05) is 21.1 Å². The number of nitrogens with zero attached hydrogens (tertiary/aromatic N) is 1. The predicted molar refractivity (Wildman–Crippen MR) is 355 cm³/mol. The number of hydrogen-bond donors (Lipinski definition) is 1. The van der Waals surface area contributed by atoms with Crippen LogP contribution in [0.3, 0.4) is 0 Å². The quantitative estimate of drug-likeness (QED) is 0.0211. The van der Waals surface area contributed by atoms with Crippen molar-refractivity contribution in [2.75, 3.05) is 47.5 Å². The topological polar surface area (TPSA) is 108 Å². The van der Waals surface area contributed by atoms with Gasteiger partial charge < -0.3 is 28.5 Å². The van der Waals surface area contributed by atoms with Crippen molar-refractivity contribution in [3.8, 4) is 0 Å². The Labute approximate surface area is 514 Å². The summed E-state index contributed by atoms with van der Waals surface area (Å²) in [5.41, 5.74) is 0. The zero-order valence-electron chi connectivity index (χ0n) is 55.4. The molecule has 0 saturated carbocycles. The molecule has 83 heavy (non-hydrogen) atoms. The van der Waals surface area contributed by atoms with Gasteiger partial charge in [-0.1, -0.05) is 306 Å². The van der Waals surface area contributed by atoms with Crippen LogP contribution >= 0.6 is 0 Å². The van der Waals surface area contributed by atoms with Crippen LogP contribution in [0.4, 0.5) is 0 Å². The fourth-order valence-corrected chi connectivity index (χ4v) is 10.4. The van der Waals surface area contributed by atoms with Gasteiger partial charge >= 0.3 is 17.9 Å². The van der Waals surface area contributed by atoms with Crippen LogP contribution in [0.25, 0.3) is 0 Å². The molecule has 0 fully saturated rings. The maximum Gasteiger partial charge on any atom is 0.361 e. The molecule has 0 heterocycles. The molecule has 0 amide bonds. The Morgan fingerprint density at radius 2 is 0.687 bits per heavy atom. The van der Waals surface area contributed by atoms with Crippen LogP contribution in [0.2, 0.25) is 0 Å². The van der Waals surface area contributed by atoms with Gasteiger partial charge in [0.05, 0.1) is 34.4 Å². The van der Waals surface area contributed by atoms with E-state index in [1.54, 1.807) is 0 Å². The van der Waals surface area contributed by atoms with Crippen LogP contribution in [-0.2, 0) is 33.3 Å². The monoisotopic (exact) mass is 1170 g/mol. The molecule has 2 atom stereocenters. The Morgan fingerprint density at radius 3 is 1.04 bits per heavy atom. The molecule has 0 aliphatic heterocycles. The van der Waals surface area contributed by atoms with E-state index < -0.39 is 24.3 Å². The zero-order chi connectivity index (χ0) is 60.5. The van der Waals surface area contributed by atoms with E-state index in [9.17, 15) is 19.5 Å². The van der Waals surface area contributed by atoms with Crippen LogP contribution in [0.15, 0.2) is 60.8 Å². The fraction of sp³-hybridized carbons (Fsp3) is 0.824. The largest absolute Gasteiger partial charge is 0.477 e. The van der Waals surface area contributed by atoms with Crippen molar-refractivity contribution >= 4 is 17.9 Å². The summed E-state index contributed by atoms with van der Waals surface area (Å²) < 4.78 is 23.0. The van der Waals surface area contributed by atoms with Crippen LogP contribution < -0.4 is 0 Å². The van der Waals surface area contributed by atoms with Crippen molar-refractivity contribution in [2.24, 2.45) is 0 Å². The molecular weight excluding hydrogens is 1030 g/mol. The third-order valence-electron chi connectivity index (χ3n) is 15.8. The number of aliphatic carboxylic acids is 1. The molecule has 0 aliphatic carbocycles. The molecule has 0 aromatic carbocycles. The highest BCUT2D eigenvalue weighted by Crippen LogP contribution is 2.18. The molecule has 0 spiro atoms. The average molecular weight is 1170 g/mol. The lowest BCUT2D eigenvalue weighted by Crippen LogP contribution is -2.40. The number of unbranched alkanes of at least 4 members (excludes halogenated alkanes) is 41. The number of ether oxygens (including phenoxy) is 4. The predicted octanol–water partition coefficient (Wildman–Crippen LogP) is 21.9. The Hall–Kier alpha value is -3.01. The highest BCUT2D eigenvalue weighted by atomic mass is 16.7. The third kappa shape index (κ3) is 66.4. The fourth-order valence-electron chi connectivity index (χ4n) is 10.4. The van der Waals surface area contributed by atoms with Crippen molar-refractivity contribution in [1.29, 1.82) is 0 Å². The van der Waals surface area contributed by atoms with Crippen LogP contribution in [0.1, 0.15) is 335 Å². The van der Waals surface area contributed by atoms with Gasteiger partial charge in [0.25, 0.3) is 6.29 Å². The Bertz CT molecular complexity index is 1550. The molecule has 2 unspecified atom stereocenters. The van der Waals surface area contributed by atoms with Crippen molar-refractivity contribution in [1.82, 2.24) is 0 Å². The number of rotatable bonds is 66. The summed E-state index contributed by atoms with van der Waals surface area (Å²) in [5, 5.41) is 9.74. The molecule has 9 heteroatoms. The van der Waals surface area contributed by atoms with Gasteiger partial charge in [-0.25, -0.2) is 4.79 Å². The molecule has 484 valence electrons. The number of allylic oxidation sites excluding steroid dienone is 10. The van der Waals surface area contributed by atoms with Gasteiger partial charge in [-0.15, -0.1) is 0 Å². The number of quaternary nitrogens is 1. The molecule has 0 rings (SSSR count). The molecular formula is C74H136NO8+. The van der Waals surface area contributed by atoms with Crippen LogP contribution in [-0.4, -0.2) is 87.4 Å². The number of likely N-dealkylation sites (N-methyl/N-ethyl adjacent to an activating group) is 1.